The smallest absolute Gasteiger partial charge is 0.308 e. The van der Waals surface area contributed by atoms with Crippen molar-refractivity contribution in [2.75, 3.05) is 38.6 Å². The summed E-state index contributed by atoms with van der Waals surface area (Å²) in [6.07, 6.45) is 40.4. The highest BCUT2D eigenvalue weighted by molar-refractivity contribution is 8.13. The summed E-state index contributed by atoms with van der Waals surface area (Å²) < 4.78 is 11.0. The Hall–Kier alpha value is -1.08. The number of thioether (sulfide) groups is 1. The van der Waals surface area contributed by atoms with E-state index in [0.29, 0.717) is 18.3 Å². The zero-order valence-corrected chi connectivity index (χ0v) is 39.7. The van der Waals surface area contributed by atoms with Crippen LogP contribution in [0.4, 0.5) is 0 Å². The van der Waals surface area contributed by atoms with Gasteiger partial charge in [-0.25, -0.2) is 0 Å². The van der Waals surface area contributed by atoms with Crippen molar-refractivity contribution in [1.82, 2.24) is 4.90 Å². The van der Waals surface area contributed by atoms with Crippen molar-refractivity contribution >= 4 is 28.8 Å². The first-order chi connectivity index (χ1) is 27.9. The van der Waals surface area contributed by atoms with Gasteiger partial charge in [-0.1, -0.05) is 194 Å². The van der Waals surface area contributed by atoms with E-state index in [-0.39, 0.29) is 23.8 Å². The maximum atomic E-state index is 13.2. The SMILES string of the molecule is CCCCCCCCC(CCCCCC)C(=O)OCCCCCCN(CCCCCCSC(=O)C(CCCCCC)CCCCCCCC)CCCCOC(C)=O. The third-order valence-electron chi connectivity index (χ3n) is 11.7. The van der Waals surface area contributed by atoms with Crippen LogP contribution in [0.15, 0.2) is 0 Å². The molecule has 0 amide bonds. The van der Waals surface area contributed by atoms with Crippen LogP contribution >= 0.6 is 11.8 Å². The maximum absolute atomic E-state index is 13.2. The van der Waals surface area contributed by atoms with Crippen molar-refractivity contribution in [3.05, 3.63) is 0 Å². The van der Waals surface area contributed by atoms with Crippen LogP contribution < -0.4 is 0 Å². The minimum atomic E-state index is -0.196. The van der Waals surface area contributed by atoms with Gasteiger partial charge in [-0.2, -0.15) is 0 Å². The van der Waals surface area contributed by atoms with Gasteiger partial charge in [0.15, 0.2) is 5.12 Å². The lowest BCUT2D eigenvalue weighted by Gasteiger charge is -2.22. The summed E-state index contributed by atoms with van der Waals surface area (Å²) >= 11 is 1.62. The van der Waals surface area contributed by atoms with Crippen LogP contribution in [-0.4, -0.2) is 60.6 Å². The summed E-state index contributed by atoms with van der Waals surface area (Å²) in [6, 6.07) is 0. The average Bonchev–Trinajstić information content (AvgIpc) is 3.20. The fraction of sp³-hybridized carbons (Fsp3) is 0.940. The van der Waals surface area contributed by atoms with Crippen LogP contribution in [0.2, 0.25) is 0 Å². The highest BCUT2D eigenvalue weighted by atomic mass is 32.2. The number of hydrogen-bond donors (Lipinski definition) is 0. The van der Waals surface area contributed by atoms with Gasteiger partial charge in [-0.3, -0.25) is 14.4 Å². The predicted octanol–water partition coefficient (Wildman–Crippen LogP) is 15.2. The first-order valence-electron chi connectivity index (χ1n) is 25.1. The van der Waals surface area contributed by atoms with Gasteiger partial charge in [-0.15, -0.1) is 0 Å². The number of carbonyl (C=O) groups excluding carboxylic acids is 3. The average molecular weight is 824 g/mol. The van der Waals surface area contributed by atoms with Gasteiger partial charge in [-0.05, 0) is 83.8 Å². The molecule has 0 aliphatic carbocycles. The summed E-state index contributed by atoms with van der Waals surface area (Å²) in [5.41, 5.74) is 0. The monoisotopic (exact) mass is 824 g/mol. The molecule has 57 heavy (non-hydrogen) atoms. The van der Waals surface area contributed by atoms with Crippen LogP contribution in [-0.2, 0) is 23.9 Å². The molecule has 2 atom stereocenters. The molecule has 0 aliphatic heterocycles. The molecule has 338 valence electrons. The Morgan fingerprint density at radius 2 is 0.772 bits per heavy atom. The van der Waals surface area contributed by atoms with Crippen molar-refractivity contribution < 1.29 is 23.9 Å². The number of ether oxygens (including phenoxy) is 2. The summed E-state index contributed by atoms with van der Waals surface area (Å²) in [5, 5.41) is 0.462. The summed E-state index contributed by atoms with van der Waals surface area (Å²) in [7, 11) is 0. The number of rotatable bonds is 45. The standard InChI is InChI=1S/C50H97NO5S/c1-6-10-14-18-20-28-37-47(36-26-16-12-8-3)49(53)56-44-33-24-22-30-40-51(42-32-34-43-55-46(5)52)41-31-23-25-35-45-57-50(54)48(38-27-17-13-9-4)39-29-21-19-15-11-7-2/h47-48H,6-45H2,1-5H3. The van der Waals surface area contributed by atoms with E-state index in [0.717, 1.165) is 109 Å². The van der Waals surface area contributed by atoms with Gasteiger partial charge >= 0.3 is 11.9 Å². The Balaban J connectivity index is 4.55. The number of unbranched alkanes of at least 4 members (excludes halogenated alkanes) is 23. The number of esters is 2. The maximum Gasteiger partial charge on any atom is 0.308 e. The zero-order valence-electron chi connectivity index (χ0n) is 38.8. The number of nitrogens with zero attached hydrogens (tertiary/aromatic N) is 1. The molecular weight excluding hydrogens is 727 g/mol. The van der Waals surface area contributed by atoms with Crippen LogP contribution in [0.3, 0.4) is 0 Å². The van der Waals surface area contributed by atoms with Crippen molar-refractivity contribution in [2.24, 2.45) is 11.8 Å². The Morgan fingerprint density at radius 3 is 1.26 bits per heavy atom. The summed E-state index contributed by atoms with van der Waals surface area (Å²) in [4.78, 5) is 40.0. The minimum Gasteiger partial charge on any atom is -0.466 e. The van der Waals surface area contributed by atoms with Gasteiger partial charge < -0.3 is 14.4 Å². The van der Waals surface area contributed by atoms with E-state index in [4.69, 9.17) is 9.47 Å². The molecule has 7 heteroatoms. The van der Waals surface area contributed by atoms with Crippen molar-refractivity contribution in [3.63, 3.8) is 0 Å². The van der Waals surface area contributed by atoms with E-state index in [1.165, 1.54) is 142 Å². The molecule has 0 radical (unpaired) electrons. The van der Waals surface area contributed by atoms with E-state index in [1.54, 1.807) is 11.8 Å². The Bertz CT molecular complexity index is 827. The Labute approximate surface area is 359 Å². The van der Waals surface area contributed by atoms with Crippen molar-refractivity contribution in [1.29, 1.82) is 0 Å². The van der Waals surface area contributed by atoms with E-state index in [9.17, 15) is 14.4 Å². The zero-order chi connectivity index (χ0) is 41.9. The van der Waals surface area contributed by atoms with E-state index >= 15 is 0 Å². The Kier molecular flexibility index (Phi) is 43.6. The van der Waals surface area contributed by atoms with E-state index in [2.05, 4.69) is 32.6 Å². The molecule has 0 N–H and O–H groups in total. The van der Waals surface area contributed by atoms with Gasteiger partial charge in [0.25, 0.3) is 0 Å². The third kappa shape index (κ3) is 38.9. The van der Waals surface area contributed by atoms with Crippen LogP contribution in [0.5, 0.6) is 0 Å². The fourth-order valence-electron chi connectivity index (χ4n) is 7.89. The molecule has 0 rings (SSSR count). The van der Waals surface area contributed by atoms with Crippen LogP contribution in [0.1, 0.15) is 253 Å². The molecule has 0 aliphatic rings. The largest absolute Gasteiger partial charge is 0.466 e. The lowest BCUT2D eigenvalue weighted by molar-refractivity contribution is -0.149. The second-order valence-electron chi connectivity index (χ2n) is 17.3. The van der Waals surface area contributed by atoms with Gasteiger partial charge in [0.1, 0.15) is 0 Å². The molecular formula is C50H97NO5S. The molecule has 0 saturated heterocycles. The molecule has 0 heterocycles. The van der Waals surface area contributed by atoms with Gasteiger partial charge in [0.05, 0.1) is 19.1 Å². The van der Waals surface area contributed by atoms with E-state index in [1.807, 2.05) is 0 Å². The van der Waals surface area contributed by atoms with Crippen LogP contribution in [0, 0.1) is 11.8 Å². The van der Waals surface area contributed by atoms with E-state index < -0.39 is 0 Å². The number of carbonyl (C=O) groups is 3. The second kappa shape index (κ2) is 44.5. The first kappa shape index (κ1) is 55.9. The molecule has 0 fully saturated rings. The molecule has 0 aromatic heterocycles. The molecule has 0 aromatic rings. The lowest BCUT2D eigenvalue weighted by Crippen LogP contribution is -2.27. The minimum absolute atomic E-state index is 0.0516. The topological polar surface area (TPSA) is 72.9 Å². The third-order valence-corrected chi connectivity index (χ3v) is 12.8. The summed E-state index contributed by atoms with van der Waals surface area (Å²) in [5.74, 6) is 1.17. The fourth-order valence-corrected chi connectivity index (χ4v) is 8.91. The molecule has 0 bridgehead atoms. The summed E-state index contributed by atoms with van der Waals surface area (Å²) in [6.45, 7) is 14.8. The predicted molar refractivity (Wildman–Crippen MR) is 248 cm³/mol. The lowest BCUT2D eigenvalue weighted by atomic mass is 9.94. The van der Waals surface area contributed by atoms with Crippen molar-refractivity contribution in [2.45, 2.75) is 253 Å². The normalized spacial score (nSPS) is 12.6. The molecule has 0 aromatic carbocycles. The molecule has 0 spiro atoms. The highest BCUT2D eigenvalue weighted by Crippen LogP contribution is 2.26. The van der Waals surface area contributed by atoms with Gasteiger partial charge in [0.2, 0.25) is 0 Å². The Morgan fingerprint density at radius 1 is 0.421 bits per heavy atom. The quantitative estimate of drug-likeness (QED) is 0.0447. The second-order valence-corrected chi connectivity index (χ2v) is 18.4. The highest BCUT2D eigenvalue weighted by Gasteiger charge is 2.20. The van der Waals surface area contributed by atoms with Gasteiger partial charge in [0, 0.05) is 18.6 Å². The molecule has 2 unspecified atom stereocenters. The van der Waals surface area contributed by atoms with Crippen LogP contribution in [0.25, 0.3) is 0 Å². The molecule has 6 nitrogen and oxygen atoms in total. The first-order valence-corrected chi connectivity index (χ1v) is 26.1. The molecule has 0 saturated carbocycles. The number of hydrogen-bond acceptors (Lipinski definition) is 7. The van der Waals surface area contributed by atoms with Crippen molar-refractivity contribution in [3.8, 4) is 0 Å².